The summed E-state index contributed by atoms with van der Waals surface area (Å²) in [4.78, 5) is 40.4. The zero-order chi connectivity index (χ0) is 16.8. The smallest absolute Gasteiger partial charge is 0.255 e. The summed E-state index contributed by atoms with van der Waals surface area (Å²) < 4.78 is 0. The largest absolute Gasteiger partial charge is 0.322 e. The Morgan fingerprint density at radius 3 is 2.71 bits per heavy atom. The van der Waals surface area contributed by atoms with Crippen molar-refractivity contribution in [1.82, 2.24) is 15.1 Å². The molecule has 6 nitrogen and oxygen atoms in total. The average molecular weight is 327 g/mol. The Kier molecular flexibility index (Phi) is 3.64. The molecule has 1 N–H and O–H groups in total. The normalized spacial score (nSPS) is 27.5. The first-order valence-electron chi connectivity index (χ1n) is 8.49. The van der Waals surface area contributed by atoms with Crippen LogP contribution in [0.1, 0.15) is 46.7 Å². The van der Waals surface area contributed by atoms with E-state index >= 15 is 0 Å². The third-order valence-electron chi connectivity index (χ3n) is 5.42. The highest BCUT2D eigenvalue weighted by Crippen LogP contribution is 2.36. The summed E-state index contributed by atoms with van der Waals surface area (Å²) in [6.45, 7) is 2.46. The average Bonchev–Trinajstić information content (AvgIpc) is 3.12. The molecule has 2 unspecified atom stereocenters. The molecule has 126 valence electrons. The maximum Gasteiger partial charge on any atom is 0.255 e. The maximum absolute atomic E-state index is 13.0. The number of nitrogens with one attached hydrogen (secondary N) is 1. The van der Waals surface area contributed by atoms with E-state index in [2.05, 4.69) is 23.3 Å². The van der Waals surface area contributed by atoms with Crippen molar-refractivity contribution in [3.8, 4) is 0 Å². The van der Waals surface area contributed by atoms with E-state index in [0.29, 0.717) is 18.9 Å². The number of hydrogen-bond donors (Lipinski definition) is 1. The summed E-state index contributed by atoms with van der Waals surface area (Å²) in [5, 5.41) is 2.35. The molecule has 4 rings (SSSR count). The van der Waals surface area contributed by atoms with Gasteiger partial charge in [0.05, 0.1) is 0 Å². The number of rotatable bonds is 2. The van der Waals surface area contributed by atoms with Gasteiger partial charge in [0.1, 0.15) is 6.04 Å². The van der Waals surface area contributed by atoms with Gasteiger partial charge < -0.3 is 9.80 Å². The minimum absolute atomic E-state index is 0.0651. The van der Waals surface area contributed by atoms with E-state index in [9.17, 15) is 14.4 Å². The van der Waals surface area contributed by atoms with E-state index in [1.165, 1.54) is 0 Å². The third-order valence-corrected chi connectivity index (χ3v) is 5.42. The van der Waals surface area contributed by atoms with Gasteiger partial charge in [-0.25, -0.2) is 0 Å². The molecule has 1 aromatic carbocycles. The minimum Gasteiger partial charge on any atom is -0.322 e. The molecule has 0 aromatic heterocycles. The lowest BCUT2D eigenvalue weighted by Crippen LogP contribution is -2.52. The van der Waals surface area contributed by atoms with Crippen LogP contribution in [0, 0.1) is 0 Å². The van der Waals surface area contributed by atoms with Crippen LogP contribution in [-0.2, 0) is 16.1 Å². The summed E-state index contributed by atoms with van der Waals surface area (Å²) in [6.07, 6.45) is 1.75. The third kappa shape index (κ3) is 2.41. The van der Waals surface area contributed by atoms with E-state index in [4.69, 9.17) is 0 Å². The first-order valence-corrected chi connectivity index (χ1v) is 8.49. The number of carbonyl (C=O) groups excluding carboxylic acids is 3. The van der Waals surface area contributed by atoms with Crippen molar-refractivity contribution >= 4 is 17.7 Å². The van der Waals surface area contributed by atoms with Crippen molar-refractivity contribution in [3.63, 3.8) is 0 Å². The lowest BCUT2D eigenvalue weighted by Gasteiger charge is -2.29. The first kappa shape index (κ1) is 15.3. The Bertz CT molecular complexity index is 730. The van der Waals surface area contributed by atoms with Crippen LogP contribution in [0.3, 0.4) is 0 Å². The monoisotopic (exact) mass is 327 g/mol. The SMILES string of the molecule is CN1CCC(c2cccc3c2C(=O)N(C2CCC(=O)NC2=O)C3)C1. The molecule has 24 heavy (non-hydrogen) atoms. The highest BCUT2D eigenvalue weighted by Gasteiger charge is 2.41. The number of hydrogen-bond acceptors (Lipinski definition) is 4. The zero-order valence-corrected chi connectivity index (χ0v) is 13.7. The van der Waals surface area contributed by atoms with Crippen molar-refractivity contribution in [2.75, 3.05) is 20.1 Å². The fraction of sp³-hybridized carbons (Fsp3) is 0.500. The Labute approximate surface area is 140 Å². The molecule has 0 saturated carbocycles. The summed E-state index contributed by atoms with van der Waals surface area (Å²) >= 11 is 0. The molecular weight excluding hydrogens is 306 g/mol. The fourth-order valence-corrected chi connectivity index (χ4v) is 4.17. The summed E-state index contributed by atoms with van der Waals surface area (Å²) in [7, 11) is 2.10. The summed E-state index contributed by atoms with van der Waals surface area (Å²) in [6, 6.07) is 5.49. The number of likely N-dealkylation sites (tertiary alicyclic amines) is 1. The summed E-state index contributed by atoms with van der Waals surface area (Å²) in [5.74, 6) is -0.301. The molecule has 2 fully saturated rings. The van der Waals surface area contributed by atoms with Gasteiger partial charge in [0, 0.05) is 25.1 Å². The Morgan fingerprint density at radius 2 is 2.00 bits per heavy atom. The van der Waals surface area contributed by atoms with E-state index in [1.54, 1.807) is 4.90 Å². The number of fused-ring (bicyclic) bond motifs is 1. The van der Waals surface area contributed by atoms with E-state index in [0.717, 1.165) is 36.2 Å². The van der Waals surface area contributed by atoms with E-state index < -0.39 is 6.04 Å². The Hall–Kier alpha value is -2.21. The number of imide groups is 1. The van der Waals surface area contributed by atoms with Crippen LogP contribution in [0.25, 0.3) is 0 Å². The first-order chi connectivity index (χ1) is 11.5. The molecule has 2 saturated heterocycles. The quantitative estimate of drug-likeness (QED) is 0.818. The van der Waals surface area contributed by atoms with Crippen molar-refractivity contribution in [1.29, 1.82) is 0 Å². The van der Waals surface area contributed by atoms with Gasteiger partial charge in [0.25, 0.3) is 5.91 Å². The molecule has 0 bridgehead atoms. The van der Waals surface area contributed by atoms with Gasteiger partial charge in [-0.05, 0) is 43.5 Å². The second kappa shape index (κ2) is 5.70. The van der Waals surface area contributed by atoms with Gasteiger partial charge in [0.2, 0.25) is 11.8 Å². The lowest BCUT2D eigenvalue weighted by molar-refractivity contribution is -0.136. The molecule has 3 amide bonds. The van der Waals surface area contributed by atoms with Crippen molar-refractivity contribution in [2.24, 2.45) is 0 Å². The number of benzene rings is 1. The number of amides is 3. The Morgan fingerprint density at radius 1 is 1.17 bits per heavy atom. The van der Waals surface area contributed by atoms with Crippen LogP contribution in [0.5, 0.6) is 0 Å². The van der Waals surface area contributed by atoms with Crippen LogP contribution >= 0.6 is 0 Å². The van der Waals surface area contributed by atoms with Gasteiger partial charge in [-0.3, -0.25) is 19.7 Å². The highest BCUT2D eigenvalue weighted by atomic mass is 16.2. The molecule has 1 aromatic rings. The number of likely N-dealkylation sites (N-methyl/N-ethyl adjacent to an activating group) is 1. The number of piperidine rings is 1. The van der Waals surface area contributed by atoms with Gasteiger partial charge in [-0.15, -0.1) is 0 Å². The molecule has 3 heterocycles. The lowest BCUT2D eigenvalue weighted by atomic mass is 9.91. The van der Waals surface area contributed by atoms with Crippen LogP contribution in [-0.4, -0.2) is 53.7 Å². The predicted octanol–water partition coefficient (Wildman–Crippen LogP) is 0.867. The van der Waals surface area contributed by atoms with Crippen molar-refractivity contribution < 1.29 is 14.4 Å². The van der Waals surface area contributed by atoms with Gasteiger partial charge in [-0.1, -0.05) is 18.2 Å². The molecule has 0 radical (unpaired) electrons. The topological polar surface area (TPSA) is 69.7 Å². The molecule has 3 aliphatic rings. The Balaban J connectivity index is 1.63. The van der Waals surface area contributed by atoms with E-state index in [1.807, 2.05) is 12.1 Å². The summed E-state index contributed by atoms with van der Waals surface area (Å²) in [5.41, 5.74) is 2.89. The molecule has 2 atom stereocenters. The number of carbonyl (C=O) groups is 3. The van der Waals surface area contributed by atoms with Gasteiger partial charge in [0.15, 0.2) is 0 Å². The molecular formula is C18H21N3O3. The molecule has 0 aliphatic carbocycles. The second-order valence-corrected chi connectivity index (χ2v) is 7.03. The highest BCUT2D eigenvalue weighted by molar-refractivity contribution is 6.06. The van der Waals surface area contributed by atoms with E-state index in [-0.39, 0.29) is 24.1 Å². The zero-order valence-electron chi connectivity index (χ0n) is 13.7. The van der Waals surface area contributed by atoms with Crippen LogP contribution in [0.2, 0.25) is 0 Å². The van der Waals surface area contributed by atoms with Gasteiger partial charge in [-0.2, -0.15) is 0 Å². The van der Waals surface area contributed by atoms with Crippen LogP contribution in [0.4, 0.5) is 0 Å². The van der Waals surface area contributed by atoms with Crippen molar-refractivity contribution in [2.45, 2.75) is 37.8 Å². The van der Waals surface area contributed by atoms with Gasteiger partial charge >= 0.3 is 0 Å². The minimum atomic E-state index is -0.540. The van der Waals surface area contributed by atoms with Crippen LogP contribution in [0.15, 0.2) is 18.2 Å². The standard InChI is InChI=1S/C18H21N3O3/c1-20-8-7-11(9-20)13-4-2-3-12-10-21(18(24)16(12)13)14-5-6-15(22)19-17(14)23/h2-4,11,14H,5-10H2,1H3,(H,19,22,23). The number of nitrogens with zero attached hydrogens (tertiary/aromatic N) is 2. The molecule has 3 aliphatic heterocycles. The predicted molar refractivity (Wildman–Crippen MR) is 87.3 cm³/mol. The second-order valence-electron chi connectivity index (χ2n) is 7.03. The molecule has 6 heteroatoms. The van der Waals surface area contributed by atoms with Crippen LogP contribution < -0.4 is 5.32 Å². The van der Waals surface area contributed by atoms with Crippen molar-refractivity contribution in [3.05, 3.63) is 34.9 Å². The molecule has 0 spiro atoms. The fourth-order valence-electron chi connectivity index (χ4n) is 4.17. The maximum atomic E-state index is 13.0.